The molecule has 0 aromatic heterocycles. The van der Waals surface area contributed by atoms with Crippen LogP contribution >= 0.6 is 0 Å². The predicted octanol–water partition coefficient (Wildman–Crippen LogP) is 0.643. The Hall–Kier alpha value is -2.53. The number of rotatable bonds is 8. The summed E-state index contributed by atoms with van der Waals surface area (Å²) in [6.45, 7) is 5.86. The molecule has 5 amide bonds. The molecule has 2 N–H and O–H groups in total. The molecule has 4 atom stereocenters. The Labute approximate surface area is 212 Å². The molecular formula is C25H40N4O7. The second kappa shape index (κ2) is 11.2. The molecule has 0 aromatic rings. The number of nitrogens with zero attached hydrogens (tertiary/aromatic N) is 3. The quantitative estimate of drug-likeness (QED) is 0.161. The van der Waals surface area contributed by atoms with Crippen molar-refractivity contribution in [3.63, 3.8) is 0 Å². The molecule has 2 unspecified atom stereocenters. The highest BCUT2D eigenvalue weighted by molar-refractivity contribution is 6.00. The van der Waals surface area contributed by atoms with Crippen molar-refractivity contribution in [1.82, 2.24) is 15.3 Å². The van der Waals surface area contributed by atoms with Crippen molar-refractivity contribution in [2.45, 2.75) is 83.7 Å². The van der Waals surface area contributed by atoms with Crippen molar-refractivity contribution in [3.8, 4) is 0 Å². The van der Waals surface area contributed by atoms with Gasteiger partial charge in [-0.2, -0.15) is 0 Å². The topological polar surface area (TPSA) is 147 Å². The molecule has 0 aromatic carbocycles. The molecule has 0 spiro atoms. The lowest BCUT2D eigenvalue weighted by molar-refractivity contribution is -0.909. The zero-order valence-electron chi connectivity index (χ0n) is 21.6. The Morgan fingerprint density at radius 1 is 1.11 bits per heavy atom. The molecule has 3 aliphatic rings. The lowest BCUT2D eigenvalue weighted by Crippen LogP contribution is -2.66. The number of hydrogen-bond donors (Lipinski definition) is 2. The number of hydroxylamine groups is 2. The van der Waals surface area contributed by atoms with E-state index in [9.17, 15) is 34.3 Å². The molecule has 202 valence electrons. The predicted molar refractivity (Wildman–Crippen MR) is 126 cm³/mol. The van der Waals surface area contributed by atoms with Crippen LogP contribution in [-0.4, -0.2) is 87.6 Å². The maximum atomic E-state index is 13.4. The summed E-state index contributed by atoms with van der Waals surface area (Å²) >= 11 is 0. The Balaban J connectivity index is 1.66. The van der Waals surface area contributed by atoms with Crippen LogP contribution in [0.3, 0.4) is 0 Å². The van der Waals surface area contributed by atoms with E-state index in [1.165, 1.54) is 4.90 Å². The highest BCUT2D eigenvalue weighted by Gasteiger charge is 2.51. The second-order valence-electron chi connectivity index (χ2n) is 11.7. The molecule has 3 fully saturated rings. The highest BCUT2D eigenvalue weighted by Crippen LogP contribution is 2.35. The van der Waals surface area contributed by atoms with Gasteiger partial charge in [0, 0.05) is 13.0 Å². The molecule has 1 aliphatic carbocycles. The molecule has 2 aliphatic heterocycles. The third-order valence-electron chi connectivity index (χ3n) is 8.45. The lowest BCUT2D eigenvalue weighted by Gasteiger charge is -2.45. The summed E-state index contributed by atoms with van der Waals surface area (Å²) in [6, 6.07) is -0.819. The molecule has 36 heavy (non-hydrogen) atoms. The first-order valence-electron chi connectivity index (χ1n) is 13.0. The third-order valence-corrected chi connectivity index (χ3v) is 8.45. The monoisotopic (exact) mass is 508 g/mol. The summed E-state index contributed by atoms with van der Waals surface area (Å²) in [5.74, 6) is -2.35. The van der Waals surface area contributed by atoms with Gasteiger partial charge in [0.2, 0.25) is 24.1 Å². The zero-order chi connectivity index (χ0) is 26.7. The Morgan fingerprint density at radius 2 is 1.78 bits per heavy atom. The fourth-order valence-electron chi connectivity index (χ4n) is 6.21. The van der Waals surface area contributed by atoms with Gasteiger partial charge < -0.3 is 14.8 Å². The second-order valence-corrected chi connectivity index (χ2v) is 11.7. The van der Waals surface area contributed by atoms with Crippen molar-refractivity contribution in [3.05, 3.63) is 0 Å². The van der Waals surface area contributed by atoms with Crippen molar-refractivity contribution in [2.24, 2.45) is 17.8 Å². The third kappa shape index (κ3) is 5.88. The van der Waals surface area contributed by atoms with Gasteiger partial charge in [-0.05, 0) is 46.0 Å². The van der Waals surface area contributed by atoms with Crippen LogP contribution in [0.15, 0.2) is 0 Å². The van der Waals surface area contributed by atoms with E-state index in [-0.39, 0.29) is 36.4 Å². The van der Waals surface area contributed by atoms with Gasteiger partial charge >= 0.3 is 0 Å². The molecule has 3 rings (SSSR count). The number of carbonyl (C=O) groups excluding carboxylic acids is 5. The smallest absolute Gasteiger partial charge is 0.257 e. The van der Waals surface area contributed by atoms with Gasteiger partial charge in [-0.3, -0.25) is 34.2 Å². The van der Waals surface area contributed by atoms with Crippen LogP contribution in [0.5, 0.6) is 0 Å². The van der Waals surface area contributed by atoms with E-state index in [1.807, 2.05) is 0 Å². The molecule has 11 heteroatoms. The van der Waals surface area contributed by atoms with E-state index in [0.717, 1.165) is 25.7 Å². The molecule has 0 radical (unpaired) electrons. The molecule has 0 bridgehead atoms. The van der Waals surface area contributed by atoms with Crippen molar-refractivity contribution >= 4 is 30.2 Å². The van der Waals surface area contributed by atoms with Crippen LogP contribution in [0.2, 0.25) is 0 Å². The van der Waals surface area contributed by atoms with Crippen molar-refractivity contribution in [2.75, 3.05) is 26.2 Å². The summed E-state index contributed by atoms with van der Waals surface area (Å²) in [5.41, 5.74) is -0.664. The zero-order valence-corrected chi connectivity index (χ0v) is 21.6. The van der Waals surface area contributed by atoms with Crippen molar-refractivity contribution in [1.29, 1.82) is 0 Å². The van der Waals surface area contributed by atoms with Crippen molar-refractivity contribution < 1.29 is 38.8 Å². The van der Waals surface area contributed by atoms with Gasteiger partial charge in [0.15, 0.2) is 0 Å². The van der Waals surface area contributed by atoms with Crippen LogP contribution in [0.25, 0.3) is 0 Å². The maximum absolute atomic E-state index is 13.4. The SMILES string of the molecule is CC(C)(C)[N+]1(C(=O)[O-])CCC(C(=O)NC(=O)[C@@H]2CCCN2C(=O)[C@H](CC2CCCC2)CN(O)C=O)C1. The van der Waals surface area contributed by atoms with Crippen LogP contribution < -0.4 is 10.4 Å². The lowest BCUT2D eigenvalue weighted by atomic mass is 9.91. The van der Waals surface area contributed by atoms with E-state index < -0.39 is 41.3 Å². The fraction of sp³-hybridized carbons (Fsp3) is 0.800. The Kier molecular flexibility index (Phi) is 8.76. The van der Waals surface area contributed by atoms with E-state index in [0.29, 0.717) is 43.2 Å². The number of imide groups is 1. The number of carbonyl (C=O) groups is 5. The Bertz CT molecular complexity index is 867. The number of amides is 5. The normalized spacial score (nSPS) is 27.6. The summed E-state index contributed by atoms with van der Waals surface area (Å²) in [6.07, 6.45) is 5.06. The number of nitrogens with one attached hydrogen (secondary N) is 1. The van der Waals surface area contributed by atoms with Crippen LogP contribution in [0.1, 0.15) is 72.1 Å². The summed E-state index contributed by atoms with van der Waals surface area (Å²) in [7, 11) is 0. The van der Waals surface area contributed by atoms with Gasteiger partial charge in [0.25, 0.3) is 6.09 Å². The minimum Gasteiger partial charge on any atom is -0.498 e. The summed E-state index contributed by atoms with van der Waals surface area (Å²) in [5, 5.41) is 24.6. The summed E-state index contributed by atoms with van der Waals surface area (Å²) in [4.78, 5) is 63.9. The first-order valence-corrected chi connectivity index (χ1v) is 13.0. The van der Waals surface area contributed by atoms with Gasteiger partial charge in [0.1, 0.15) is 6.04 Å². The number of hydrogen-bond acceptors (Lipinski definition) is 7. The number of carboxylic acid groups (broad SMARTS) is 1. The first-order chi connectivity index (χ1) is 16.9. The molecular weight excluding hydrogens is 468 g/mol. The number of quaternary nitrogens is 1. The van der Waals surface area contributed by atoms with E-state index in [2.05, 4.69) is 5.32 Å². The number of likely N-dealkylation sites (tertiary alicyclic amines) is 2. The maximum Gasteiger partial charge on any atom is 0.257 e. The molecule has 2 saturated heterocycles. The first kappa shape index (κ1) is 28.0. The highest BCUT2D eigenvalue weighted by atomic mass is 16.5. The van der Waals surface area contributed by atoms with Gasteiger partial charge in [-0.15, -0.1) is 0 Å². The van der Waals surface area contributed by atoms with E-state index in [1.54, 1.807) is 20.8 Å². The molecule has 2 heterocycles. The molecule has 11 nitrogen and oxygen atoms in total. The standard InChI is InChI=1S/C25H40N4O7/c1-25(2,3)29(24(34)35)12-10-18(15-29)21(31)26-22(32)20-9-6-11-28(20)23(33)19(14-27(36)16-30)13-17-7-4-5-8-17/h16-20,36H,4-15H2,1-3H3,(H-,26,31,32,34,35)/t18?,19-,20+,29?/m1/s1. The summed E-state index contributed by atoms with van der Waals surface area (Å²) < 4.78 is -0.357. The average Bonchev–Trinajstić information content (AvgIpc) is 3.58. The Morgan fingerprint density at radius 3 is 2.33 bits per heavy atom. The minimum atomic E-state index is -1.24. The van der Waals surface area contributed by atoms with E-state index in [4.69, 9.17) is 0 Å². The van der Waals surface area contributed by atoms with Crippen LogP contribution in [-0.2, 0) is 19.2 Å². The van der Waals surface area contributed by atoms with Gasteiger partial charge in [0.05, 0.1) is 37.0 Å². The van der Waals surface area contributed by atoms with Gasteiger partial charge in [-0.25, -0.2) is 5.06 Å². The molecule has 1 saturated carbocycles. The van der Waals surface area contributed by atoms with Gasteiger partial charge in [-0.1, -0.05) is 25.7 Å². The van der Waals surface area contributed by atoms with Crippen LogP contribution in [0.4, 0.5) is 4.79 Å². The minimum absolute atomic E-state index is 0.0414. The average molecular weight is 509 g/mol. The largest absolute Gasteiger partial charge is 0.498 e. The van der Waals surface area contributed by atoms with Crippen LogP contribution in [0, 0.1) is 17.8 Å². The van der Waals surface area contributed by atoms with E-state index >= 15 is 0 Å². The fourth-order valence-corrected chi connectivity index (χ4v) is 6.21.